The van der Waals surface area contributed by atoms with E-state index in [1.165, 1.54) is 11.3 Å². The van der Waals surface area contributed by atoms with Crippen LogP contribution in [0.1, 0.15) is 36.0 Å². The largest absolute Gasteiger partial charge is 0.381 e. The molecule has 0 saturated heterocycles. The first-order valence-electron chi connectivity index (χ1n) is 5.60. The van der Waals surface area contributed by atoms with Crippen LogP contribution in [0.25, 0.3) is 0 Å². The molecular weight excluding hydrogens is 224 g/mol. The predicted octanol–water partition coefficient (Wildman–Crippen LogP) is 2.08. The number of carbonyl (C=O) groups is 1. The number of amides is 1. The number of unbranched alkanes of at least 4 members (excludes halogenated alkanes) is 1. The quantitative estimate of drug-likeness (QED) is 0.710. The van der Waals surface area contributed by atoms with Crippen LogP contribution in [0.2, 0.25) is 0 Å². The fourth-order valence-electron chi connectivity index (χ4n) is 1.14. The molecule has 0 unspecified atom stereocenters. The first-order chi connectivity index (χ1) is 7.84. The standard InChI is InChI=1S/C11H18N2O2S/c1-2-3-7-15-8-4-5-12-10(14)11-13-6-9-16-11/h6,9H,2-5,7-8H2,1H3,(H,12,14). The lowest BCUT2D eigenvalue weighted by atomic mass is 10.3. The van der Waals surface area contributed by atoms with Crippen LogP contribution in [-0.2, 0) is 4.74 Å². The fourth-order valence-corrected chi connectivity index (χ4v) is 1.69. The van der Waals surface area contributed by atoms with Gasteiger partial charge < -0.3 is 10.1 Å². The summed E-state index contributed by atoms with van der Waals surface area (Å²) in [5.74, 6) is -0.0939. The summed E-state index contributed by atoms with van der Waals surface area (Å²) in [6, 6.07) is 0. The van der Waals surface area contributed by atoms with Crippen molar-refractivity contribution < 1.29 is 9.53 Å². The van der Waals surface area contributed by atoms with E-state index in [2.05, 4.69) is 17.2 Å². The lowest BCUT2D eigenvalue weighted by Crippen LogP contribution is -2.25. The van der Waals surface area contributed by atoms with Gasteiger partial charge in [0, 0.05) is 31.3 Å². The minimum atomic E-state index is -0.0939. The van der Waals surface area contributed by atoms with Crippen molar-refractivity contribution in [2.45, 2.75) is 26.2 Å². The van der Waals surface area contributed by atoms with E-state index in [9.17, 15) is 4.79 Å². The molecule has 0 radical (unpaired) electrons. The van der Waals surface area contributed by atoms with E-state index in [1.54, 1.807) is 11.6 Å². The van der Waals surface area contributed by atoms with Crippen LogP contribution in [0.5, 0.6) is 0 Å². The number of nitrogens with zero attached hydrogens (tertiary/aromatic N) is 1. The lowest BCUT2D eigenvalue weighted by Gasteiger charge is -2.04. The summed E-state index contributed by atoms with van der Waals surface area (Å²) in [5.41, 5.74) is 0. The zero-order valence-corrected chi connectivity index (χ0v) is 10.4. The average Bonchev–Trinajstić information content (AvgIpc) is 2.81. The number of carbonyl (C=O) groups excluding carboxylic acids is 1. The fraction of sp³-hybridized carbons (Fsp3) is 0.636. The molecule has 1 aromatic heterocycles. The second kappa shape index (κ2) is 8.24. The molecule has 0 aliphatic carbocycles. The lowest BCUT2D eigenvalue weighted by molar-refractivity contribution is 0.0940. The van der Waals surface area contributed by atoms with Crippen LogP contribution in [0.15, 0.2) is 11.6 Å². The zero-order chi connectivity index (χ0) is 11.6. The van der Waals surface area contributed by atoms with Gasteiger partial charge >= 0.3 is 0 Å². The highest BCUT2D eigenvalue weighted by atomic mass is 32.1. The van der Waals surface area contributed by atoms with Gasteiger partial charge in [0.05, 0.1) is 0 Å². The van der Waals surface area contributed by atoms with Gasteiger partial charge in [0.1, 0.15) is 0 Å². The van der Waals surface area contributed by atoms with Gasteiger partial charge in [-0.2, -0.15) is 0 Å². The topological polar surface area (TPSA) is 51.2 Å². The Labute approximate surface area is 100 Å². The molecule has 1 rings (SSSR count). The second-order valence-corrected chi connectivity index (χ2v) is 4.31. The maximum absolute atomic E-state index is 11.4. The molecule has 4 nitrogen and oxygen atoms in total. The Morgan fingerprint density at radius 2 is 2.31 bits per heavy atom. The molecule has 90 valence electrons. The monoisotopic (exact) mass is 242 g/mol. The number of ether oxygens (including phenoxy) is 1. The van der Waals surface area contributed by atoms with Crippen molar-refractivity contribution in [1.82, 2.24) is 10.3 Å². The third kappa shape index (κ3) is 5.23. The number of aromatic nitrogens is 1. The third-order valence-electron chi connectivity index (χ3n) is 2.02. The average molecular weight is 242 g/mol. The molecule has 16 heavy (non-hydrogen) atoms. The Morgan fingerprint density at radius 3 is 3.00 bits per heavy atom. The highest BCUT2D eigenvalue weighted by Gasteiger charge is 2.06. The molecule has 1 heterocycles. The molecule has 1 aromatic rings. The van der Waals surface area contributed by atoms with E-state index >= 15 is 0 Å². The number of hydrogen-bond donors (Lipinski definition) is 1. The Hall–Kier alpha value is -0.940. The van der Waals surface area contributed by atoms with Crippen molar-refractivity contribution in [3.8, 4) is 0 Å². The molecule has 0 spiro atoms. The van der Waals surface area contributed by atoms with Crippen molar-refractivity contribution in [3.05, 3.63) is 16.6 Å². The minimum Gasteiger partial charge on any atom is -0.381 e. The van der Waals surface area contributed by atoms with Crippen molar-refractivity contribution in [1.29, 1.82) is 0 Å². The molecule has 0 aromatic carbocycles. The van der Waals surface area contributed by atoms with E-state index in [1.807, 2.05) is 0 Å². The summed E-state index contributed by atoms with van der Waals surface area (Å²) in [5, 5.41) is 5.12. The molecule has 0 bridgehead atoms. The maximum atomic E-state index is 11.4. The summed E-state index contributed by atoms with van der Waals surface area (Å²) in [7, 11) is 0. The van der Waals surface area contributed by atoms with E-state index in [0.29, 0.717) is 18.2 Å². The summed E-state index contributed by atoms with van der Waals surface area (Å²) in [6.07, 6.45) is 4.74. The van der Waals surface area contributed by atoms with Crippen LogP contribution in [0.4, 0.5) is 0 Å². The van der Waals surface area contributed by atoms with Crippen molar-refractivity contribution in [2.24, 2.45) is 0 Å². The van der Waals surface area contributed by atoms with Gasteiger partial charge in [-0.25, -0.2) is 4.98 Å². The van der Waals surface area contributed by atoms with Gasteiger partial charge in [-0.15, -0.1) is 11.3 Å². The molecule has 0 aliphatic heterocycles. The van der Waals surface area contributed by atoms with Crippen LogP contribution >= 0.6 is 11.3 Å². The smallest absolute Gasteiger partial charge is 0.280 e. The van der Waals surface area contributed by atoms with Crippen molar-refractivity contribution >= 4 is 17.2 Å². The number of rotatable bonds is 8. The van der Waals surface area contributed by atoms with Gasteiger partial charge in [-0.05, 0) is 12.8 Å². The molecule has 0 fully saturated rings. The van der Waals surface area contributed by atoms with E-state index in [0.717, 1.165) is 25.9 Å². The number of nitrogens with one attached hydrogen (secondary N) is 1. The summed E-state index contributed by atoms with van der Waals surface area (Å²) >= 11 is 1.35. The van der Waals surface area contributed by atoms with Gasteiger partial charge in [0.25, 0.3) is 5.91 Å². The second-order valence-electron chi connectivity index (χ2n) is 3.41. The van der Waals surface area contributed by atoms with Crippen molar-refractivity contribution in [3.63, 3.8) is 0 Å². The number of hydrogen-bond acceptors (Lipinski definition) is 4. The van der Waals surface area contributed by atoms with E-state index in [-0.39, 0.29) is 5.91 Å². The summed E-state index contributed by atoms with van der Waals surface area (Å²) in [4.78, 5) is 15.4. The van der Waals surface area contributed by atoms with Crippen LogP contribution in [0, 0.1) is 0 Å². The Morgan fingerprint density at radius 1 is 1.50 bits per heavy atom. The molecular formula is C11H18N2O2S. The summed E-state index contributed by atoms with van der Waals surface area (Å²) < 4.78 is 5.38. The third-order valence-corrected chi connectivity index (χ3v) is 2.79. The Kier molecular flexibility index (Phi) is 6.76. The Bertz CT molecular complexity index is 288. The van der Waals surface area contributed by atoms with Gasteiger partial charge in [-0.1, -0.05) is 13.3 Å². The first kappa shape index (κ1) is 13.1. The summed E-state index contributed by atoms with van der Waals surface area (Å²) in [6.45, 7) is 4.30. The van der Waals surface area contributed by atoms with Crippen LogP contribution in [-0.4, -0.2) is 30.6 Å². The molecule has 0 saturated carbocycles. The normalized spacial score (nSPS) is 10.3. The molecule has 0 aliphatic rings. The SMILES string of the molecule is CCCCOCCCNC(=O)c1nccs1. The predicted molar refractivity (Wildman–Crippen MR) is 64.8 cm³/mol. The maximum Gasteiger partial charge on any atom is 0.280 e. The molecule has 0 atom stereocenters. The highest BCUT2D eigenvalue weighted by Crippen LogP contribution is 2.02. The molecule has 5 heteroatoms. The van der Waals surface area contributed by atoms with E-state index < -0.39 is 0 Å². The Balaban J connectivity index is 1.97. The van der Waals surface area contributed by atoms with Crippen LogP contribution < -0.4 is 5.32 Å². The van der Waals surface area contributed by atoms with Crippen molar-refractivity contribution in [2.75, 3.05) is 19.8 Å². The minimum absolute atomic E-state index is 0.0939. The number of thiazole rings is 1. The van der Waals surface area contributed by atoms with Gasteiger partial charge in [-0.3, -0.25) is 4.79 Å². The first-order valence-corrected chi connectivity index (χ1v) is 6.48. The molecule has 1 N–H and O–H groups in total. The zero-order valence-electron chi connectivity index (χ0n) is 9.57. The highest BCUT2D eigenvalue weighted by molar-refractivity contribution is 7.11. The molecule has 1 amide bonds. The van der Waals surface area contributed by atoms with Gasteiger partial charge in [0.2, 0.25) is 0 Å². The van der Waals surface area contributed by atoms with Crippen LogP contribution in [0.3, 0.4) is 0 Å². The van der Waals surface area contributed by atoms with E-state index in [4.69, 9.17) is 4.74 Å². The van der Waals surface area contributed by atoms with Gasteiger partial charge in [0.15, 0.2) is 5.01 Å².